The number of nitrogens with one attached hydrogen (secondary N) is 1. The number of hydrogen-bond donors (Lipinski definition) is 1. The van der Waals surface area contributed by atoms with Crippen LogP contribution in [0.1, 0.15) is 66.4 Å². The molecule has 0 saturated carbocycles. The fourth-order valence-electron chi connectivity index (χ4n) is 4.11. The van der Waals surface area contributed by atoms with Crippen LogP contribution in [0, 0.1) is 18.3 Å². The van der Waals surface area contributed by atoms with Crippen LogP contribution in [0.5, 0.6) is 5.75 Å². The normalized spacial score (nSPS) is 15.8. The number of amides is 1. The summed E-state index contributed by atoms with van der Waals surface area (Å²) in [6, 6.07) is 5.47. The summed E-state index contributed by atoms with van der Waals surface area (Å²) >= 11 is 7.49. The van der Waals surface area contributed by atoms with Gasteiger partial charge in [0.15, 0.2) is 0 Å². The molecule has 2 aromatic rings. The summed E-state index contributed by atoms with van der Waals surface area (Å²) in [4.78, 5) is 26.3. The van der Waals surface area contributed by atoms with Crippen molar-refractivity contribution >= 4 is 39.8 Å². The number of rotatable bonds is 7. The van der Waals surface area contributed by atoms with Crippen molar-refractivity contribution in [1.29, 1.82) is 0 Å². The van der Waals surface area contributed by atoms with E-state index in [9.17, 15) is 9.59 Å². The van der Waals surface area contributed by atoms with Crippen molar-refractivity contribution in [2.45, 2.75) is 59.8 Å². The summed E-state index contributed by atoms with van der Waals surface area (Å²) in [5, 5.41) is 4.24. The van der Waals surface area contributed by atoms with Crippen molar-refractivity contribution < 1.29 is 19.1 Å². The Labute approximate surface area is 199 Å². The molecule has 3 rings (SSSR count). The second-order valence-corrected chi connectivity index (χ2v) is 11.0. The van der Waals surface area contributed by atoms with E-state index in [1.165, 1.54) is 23.3 Å². The molecular formula is C25H32ClNO4S. The highest BCUT2D eigenvalue weighted by Crippen LogP contribution is 2.44. The smallest absolute Gasteiger partial charge is 0.341 e. The molecule has 174 valence electrons. The molecule has 1 N–H and O–H groups in total. The Morgan fingerprint density at radius 2 is 2.03 bits per heavy atom. The lowest BCUT2D eigenvalue weighted by Gasteiger charge is -2.33. The number of aryl methyl sites for hydroxylation is 1. The van der Waals surface area contributed by atoms with Gasteiger partial charge < -0.3 is 14.8 Å². The SMILES string of the molecule is COC(=O)c1c(NC(=O)CCCOc2ccc(Cl)cc2C)sc2c1CC[C@H](C(C)(C)C)C2. The monoisotopic (exact) mass is 477 g/mol. The minimum absolute atomic E-state index is 0.127. The molecule has 1 aromatic carbocycles. The number of esters is 1. The van der Waals surface area contributed by atoms with Crippen molar-refractivity contribution in [3.63, 3.8) is 0 Å². The molecule has 0 fully saturated rings. The second kappa shape index (κ2) is 10.3. The van der Waals surface area contributed by atoms with Gasteiger partial charge in [-0.1, -0.05) is 32.4 Å². The first-order valence-corrected chi connectivity index (χ1v) is 12.2. The van der Waals surface area contributed by atoms with Gasteiger partial charge in [-0.2, -0.15) is 0 Å². The van der Waals surface area contributed by atoms with Gasteiger partial charge in [0.05, 0.1) is 19.3 Å². The second-order valence-electron chi connectivity index (χ2n) is 9.42. The number of methoxy groups -OCH3 is 1. The van der Waals surface area contributed by atoms with E-state index in [-0.39, 0.29) is 17.3 Å². The van der Waals surface area contributed by atoms with Crippen LogP contribution in [0.15, 0.2) is 18.2 Å². The number of anilines is 1. The van der Waals surface area contributed by atoms with E-state index < -0.39 is 0 Å². The molecule has 1 aliphatic rings. The topological polar surface area (TPSA) is 64.6 Å². The Hall–Kier alpha value is -2.05. The molecule has 7 heteroatoms. The van der Waals surface area contributed by atoms with Gasteiger partial charge in [-0.3, -0.25) is 4.79 Å². The van der Waals surface area contributed by atoms with Crippen molar-refractivity contribution in [2.75, 3.05) is 19.0 Å². The van der Waals surface area contributed by atoms with Crippen LogP contribution in [-0.4, -0.2) is 25.6 Å². The number of fused-ring (bicyclic) bond motifs is 1. The number of ether oxygens (including phenoxy) is 2. The van der Waals surface area contributed by atoms with E-state index in [0.717, 1.165) is 36.1 Å². The van der Waals surface area contributed by atoms with Crippen LogP contribution >= 0.6 is 22.9 Å². The molecule has 0 bridgehead atoms. The molecule has 0 saturated heterocycles. The zero-order valence-electron chi connectivity index (χ0n) is 19.5. The van der Waals surface area contributed by atoms with E-state index in [0.29, 0.717) is 41.0 Å². The van der Waals surface area contributed by atoms with E-state index in [4.69, 9.17) is 21.1 Å². The molecule has 1 aliphatic carbocycles. The predicted molar refractivity (Wildman–Crippen MR) is 130 cm³/mol. The summed E-state index contributed by atoms with van der Waals surface area (Å²) in [5.41, 5.74) is 2.74. The van der Waals surface area contributed by atoms with Gasteiger partial charge in [-0.15, -0.1) is 11.3 Å². The predicted octanol–water partition coefficient (Wildman–Crippen LogP) is 6.45. The molecule has 1 aromatic heterocycles. The van der Waals surface area contributed by atoms with Crippen LogP contribution in [0.4, 0.5) is 5.00 Å². The maximum Gasteiger partial charge on any atom is 0.341 e. The fourth-order valence-corrected chi connectivity index (χ4v) is 5.67. The lowest BCUT2D eigenvalue weighted by atomic mass is 9.72. The van der Waals surface area contributed by atoms with Gasteiger partial charge >= 0.3 is 5.97 Å². The van der Waals surface area contributed by atoms with Gasteiger partial charge in [0.25, 0.3) is 0 Å². The molecule has 0 spiro atoms. The quantitative estimate of drug-likeness (QED) is 0.368. The zero-order valence-corrected chi connectivity index (χ0v) is 21.0. The van der Waals surface area contributed by atoms with Crippen molar-refractivity contribution in [1.82, 2.24) is 0 Å². The van der Waals surface area contributed by atoms with Crippen LogP contribution < -0.4 is 10.1 Å². The molecule has 1 amide bonds. The lowest BCUT2D eigenvalue weighted by Crippen LogP contribution is -2.26. The summed E-state index contributed by atoms with van der Waals surface area (Å²) < 4.78 is 10.8. The number of hydrogen-bond acceptors (Lipinski definition) is 5. The maximum absolute atomic E-state index is 12.6. The summed E-state index contributed by atoms with van der Waals surface area (Å²) in [7, 11) is 1.38. The van der Waals surface area contributed by atoms with Crippen LogP contribution in [-0.2, 0) is 22.4 Å². The molecular weight excluding hydrogens is 446 g/mol. The first-order chi connectivity index (χ1) is 15.1. The van der Waals surface area contributed by atoms with E-state index in [1.54, 1.807) is 6.07 Å². The van der Waals surface area contributed by atoms with Crippen molar-refractivity contribution in [2.24, 2.45) is 11.3 Å². The standard InChI is InChI=1S/C25H32ClNO4S/c1-15-13-17(26)9-11-19(15)31-12-6-7-21(28)27-23-22(24(29)30-5)18-10-8-16(25(2,3)4)14-20(18)32-23/h9,11,13,16H,6-8,10,12,14H2,1-5H3,(H,27,28)/t16-/m0/s1. The fraction of sp³-hybridized carbons (Fsp3) is 0.520. The van der Waals surface area contributed by atoms with Crippen LogP contribution in [0.3, 0.4) is 0 Å². The van der Waals surface area contributed by atoms with Crippen LogP contribution in [0.25, 0.3) is 0 Å². The first kappa shape index (κ1) is 24.6. The van der Waals surface area contributed by atoms with E-state index in [1.807, 2.05) is 19.1 Å². The highest BCUT2D eigenvalue weighted by Gasteiger charge is 2.34. The minimum atomic E-state index is -0.381. The Balaban J connectivity index is 1.62. The van der Waals surface area contributed by atoms with Gasteiger partial charge in [0, 0.05) is 16.3 Å². The van der Waals surface area contributed by atoms with Gasteiger partial charge in [0.2, 0.25) is 5.91 Å². The average Bonchev–Trinajstić information content (AvgIpc) is 3.08. The average molecular weight is 478 g/mol. The number of carbonyl (C=O) groups excluding carboxylic acids is 2. The lowest BCUT2D eigenvalue weighted by molar-refractivity contribution is -0.116. The summed E-state index contributed by atoms with van der Waals surface area (Å²) in [6.07, 6.45) is 3.67. The third-order valence-corrected chi connectivity index (χ3v) is 7.48. The Bertz CT molecular complexity index is 993. The van der Waals surface area contributed by atoms with Gasteiger partial charge in [-0.05, 0) is 73.3 Å². The maximum atomic E-state index is 12.6. The van der Waals surface area contributed by atoms with Gasteiger partial charge in [0.1, 0.15) is 10.8 Å². The molecule has 0 radical (unpaired) electrons. The largest absolute Gasteiger partial charge is 0.493 e. The Morgan fingerprint density at radius 1 is 1.28 bits per heavy atom. The highest BCUT2D eigenvalue weighted by molar-refractivity contribution is 7.17. The molecule has 5 nitrogen and oxygen atoms in total. The van der Waals surface area contributed by atoms with E-state index >= 15 is 0 Å². The van der Waals surface area contributed by atoms with Crippen LogP contribution in [0.2, 0.25) is 5.02 Å². The first-order valence-electron chi connectivity index (χ1n) is 11.0. The highest BCUT2D eigenvalue weighted by atomic mass is 35.5. The van der Waals surface area contributed by atoms with Crippen molar-refractivity contribution in [3.8, 4) is 5.75 Å². The van der Waals surface area contributed by atoms with E-state index in [2.05, 4.69) is 26.1 Å². The van der Waals surface area contributed by atoms with Gasteiger partial charge in [-0.25, -0.2) is 4.79 Å². The number of benzene rings is 1. The molecule has 0 aliphatic heterocycles. The molecule has 1 atom stereocenters. The number of carbonyl (C=O) groups is 2. The Kier molecular flexibility index (Phi) is 7.88. The third kappa shape index (κ3) is 5.84. The zero-order chi connectivity index (χ0) is 23.5. The number of halogens is 1. The minimum Gasteiger partial charge on any atom is -0.493 e. The third-order valence-electron chi connectivity index (χ3n) is 6.08. The number of thiophene rings is 1. The molecule has 32 heavy (non-hydrogen) atoms. The summed E-state index contributed by atoms with van der Waals surface area (Å²) in [6.45, 7) is 9.13. The molecule has 1 heterocycles. The Morgan fingerprint density at radius 3 is 2.69 bits per heavy atom. The van der Waals surface area contributed by atoms with Crippen molar-refractivity contribution in [3.05, 3.63) is 44.8 Å². The molecule has 0 unspecified atom stereocenters. The summed E-state index contributed by atoms with van der Waals surface area (Å²) in [5.74, 6) is 0.810.